The molecule has 1 aromatic carbocycles. The van der Waals surface area contributed by atoms with E-state index < -0.39 is 10.0 Å². The van der Waals surface area contributed by atoms with Crippen molar-refractivity contribution < 1.29 is 13.2 Å². The van der Waals surface area contributed by atoms with Gasteiger partial charge in [0.1, 0.15) is 5.69 Å². The van der Waals surface area contributed by atoms with Crippen LogP contribution < -0.4 is 10.9 Å². The molecule has 11 heteroatoms. The van der Waals surface area contributed by atoms with Crippen molar-refractivity contribution in [3.8, 4) is 0 Å². The fourth-order valence-corrected chi connectivity index (χ4v) is 3.27. The fraction of sp³-hybridized carbons (Fsp3) is 0.286. The molecule has 25 heavy (non-hydrogen) atoms. The molecule has 0 aliphatic rings. The summed E-state index contributed by atoms with van der Waals surface area (Å²) in [4.78, 5) is 26.0. The molecule has 0 aliphatic heterocycles. The summed E-state index contributed by atoms with van der Waals surface area (Å²) in [6, 6.07) is 5.96. The molecule has 2 aromatic rings. The van der Waals surface area contributed by atoms with E-state index in [1.807, 2.05) is 0 Å². The first-order valence-electron chi connectivity index (χ1n) is 7.09. The van der Waals surface area contributed by atoms with Gasteiger partial charge < -0.3 is 5.32 Å². The van der Waals surface area contributed by atoms with E-state index in [-0.39, 0.29) is 33.0 Å². The van der Waals surface area contributed by atoms with Crippen LogP contribution in [0.25, 0.3) is 0 Å². The lowest BCUT2D eigenvalue weighted by molar-refractivity contribution is -0.113. The van der Waals surface area contributed by atoms with Crippen LogP contribution in [0.1, 0.15) is 5.69 Å². The first-order chi connectivity index (χ1) is 11.7. The molecule has 0 radical (unpaired) electrons. The Morgan fingerprint density at radius 2 is 2.04 bits per heavy atom. The van der Waals surface area contributed by atoms with E-state index in [0.717, 1.165) is 16.1 Å². The number of anilines is 1. The molecule has 0 bridgehead atoms. The van der Waals surface area contributed by atoms with Crippen LogP contribution >= 0.6 is 11.8 Å². The number of H-pyrrole nitrogens is 1. The lowest BCUT2D eigenvalue weighted by Gasteiger charge is -2.12. The van der Waals surface area contributed by atoms with Gasteiger partial charge in [-0.2, -0.15) is 0 Å². The van der Waals surface area contributed by atoms with Gasteiger partial charge in [0, 0.05) is 19.8 Å². The van der Waals surface area contributed by atoms with Crippen LogP contribution in [0.15, 0.2) is 39.1 Å². The zero-order chi connectivity index (χ0) is 18.6. The summed E-state index contributed by atoms with van der Waals surface area (Å²) in [6.45, 7) is 1.53. The number of carbonyl (C=O) groups excluding carboxylic acids is 1. The molecule has 0 saturated heterocycles. The van der Waals surface area contributed by atoms with Crippen LogP contribution in [-0.2, 0) is 14.8 Å². The Labute approximate surface area is 148 Å². The average Bonchev–Trinajstić information content (AvgIpc) is 2.56. The minimum atomic E-state index is -3.58. The average molecular weight is 383 g/mol. The van der Waals surface area contributed by atoms with Crippen molar-refractivity contribution in [1.29, 1.82) is 0 Å². The Balaban J connectivity index is 2.03. The third-order valence-corrected chi connectivity index (χ3v) is 5.75. The van der Waals surface area contributed by atoms with Gasteiger partial charge in [-0.3, -0.25) is 14.6 Å². The summed E-state index contributed by atoms with van der Waals surface area (Å²) in [6.07, 6.45) is 0. The highest BCUT2D eigenvalue weighted by molar-refractivity contribution is 7.99. The molecule has 134 valence electrons. The van der Waals surface area contributed by atoms with E-state index in [9.17, 15) is 18.0 Å². The Hall–Kier alpha value is -2.24. The number of amides is 1. The van der Waals surface area contributed by atoms with E-state index in [1.54, 1.807) is 12.1 Å². The molecule has 1 aromatic heterocycles. The number of hydrogen-bond acceptors (Lipinski definition) is 7. The molecule has 1 heterocycles. The van der Waals surface area contributed by atoms with Gasteiger partial charge in [0.25, 0.3) is 5.56 Å². The molecule has 2 N–H and O–H groups in total. The van der Waals surface area contributed by atoms with Gasteiger partial charge in [-0.1, -0.05) is 17.8 Å². The molecule has 9 nitrogen and oxygen atoms in total. The number of nitrogens with zero attached hydrogens (tertiary/aromatic N) is 3. The zero-order valence-electron chi connectivity index (χ0n) is 13.8. The number of sulfonamides is 1. The van der Waals surface area contributed by atoms with E-state index >= 15 is 0 Å². The summed E-state index contributed by atoms with van der Waals surface area (Å²) in [5, 5.41) is 10.3. The molecule has 0 unspecified atom stereocenters. The zero-order valence-corrected chi connectivity index (χ0v) is 15.4. The van der Waals surface area contributed by atoms with Crippen LogP contribution in [0.5, 0.6) is 0 Å². The maximum atomic E-state index is 12.1. The van der Waals surface area contributed by atoms with Crippen molar-refractivity contribution in [2.45, 2.75) is 17.0 Å². The molecule has 0 fully saturated rings. The monoisotopic (exact) mass is 383 g/mol. The van der Waals surface area contributed by atoms with Crippen molar-refractivity contribution in [2.75, 3.05) is 25.2 Å². The summed E-state index contributed by atoms with van der Waals surface area (Å²) in [5.74, 6) is -0.383. The van der Waals surface area contributed by atoms with Crippen molar-refractivity contribution in [1.82, 2.24) is 19.5 Å². The van der Waals surface area contributed by atoms with Crippen molar-refractivity contribution in [3.05, 3.63) is 40.3 Å². The predicted octanol–water partition coefficient (Wildman–Crippen LogP) is 0.454. The minimum Gasteiger partial charge on any atom is -0.325 e. The highest BCUT2D eigenvalue weighted by atomic mass is 32.2. The number of thioether (sulfide) groups is 1. The van der Waals surface area contributed by atoms with Crippen LogP contribution in [0, 0.1) is 6.92 Å². The second-order valence-electron chi connectivity index (χ2n) is 5.20. The van der Waals surface area contributed by atoms with Gasteiger partial charge in [0.15, 0.2) is 5.16 Å². The quantitative estimate of drug-likeness (QED) is 0.694. The standard InChI is InChI=1S/C14H17N5O4S2/c1-9-13(21)16-14(18-17-9)24-8-12(20)15-10-5-4-6-11(7-10)25(22,23)19(2)3/h4-7H,8H2,1-3H3,(H,15,20)(H,16,18,21). The Morgan fingerprint density at radius 1 is 1.32 bits per heavy atom. The second-order valence-corrected chi connectivity index (χ2v) is 8.31. The number of aromatic nitrogens is 3. The van der Waals surface area contributed by atoms with Crippen LogP contribution in [0.2, 0.25) is 0 Å². The van der Waals surface area contributed by atoms with Crippen molar-refractivity contribution >= 4 is 33.4 Å². The van der Waals surface area contributed by atoms with E-state index in [0.29, 0.717) is 5.69 Å². The van der Waals surface area contributed by atoms with Crippen molar-refractivity contribution in [2.24, 2.45) is 0 Å². The maximum absolute atomic E-state index is 12.1. The number of hydrogen-bond donors (Lipinski definition) is 2. The summed E-state index contributed by atoms with van der Waals surface area (Å²) >= 11 is 1.02. The number of benzene rings is 1. The van der Waals surface area contributed by atoms with Gasteiger partial charge in [0.05, 0.1) is 10.6 Å². The van der Waals surface area contributed by atoms with E-state index in [2.05, 4.69) is 20.5 Å². The molecule has 0 saturated carbocycles. The Kier molecular flexibility index (Phi) is 5.93. The topological polar surface area (TPSA) is 125 Å². The minimum absolute atomic E-state index is 0.0155. The molecular weight excluding hydrogens is 366 g/mol. The Morgan fingerprint density at radius 3 is 2.68 bits per heavy atom. The largest absolute Gasteiger partial charge is 0.325 e. The smallest absolute Gasteiger partial charge is 0.273 e. The molecular formula is C14H17N5O4S2. The fourth-order valence-electron chi connectivity index (χ4n) is 1.72. The summed E-state index contributed by atoms with van der Waals surface area (Å²) in [7, 11) is -0.718. The molecule has 0 spiro atoms. The molecule has 0 atom stereocenters. The lowest BCUT2D eigenvalue weighted by Crippen LogP contribution is -2.22. The first kappa shape index (κ1) is 19.1. The molecule has 2 rings (SSSR count). The van der Waals surface area contributed by atoms with Gasteiger partial charge >= 0.3 is 0 Å². The van der Waals surface area contributed by atoms with Crippen LogP contribution in [-0.4, -0.2) is 53.7 Å². The predicted molar refractivity (Wildman–Crippen MR) is 94.1 cm³/mol. The van der Waals surface area contributed by atoms with Crippen LogP contribution in [0.3, 0.4) is 0 Å². The summed E-state index contributed by atoms with van der Waals surface area (Å²) in [5.41, 5.74) is 0.240. The first-order valence-corrected chi connectivity index (χ1v) is 9.51. The number of carbonyl (C=O) groups is 1. The normalized spacial score (nSPS) is 11.5. The maximum Gasteiger partial charge on any atom is 0.273 e. The SMILES string of the molecule is Cc1nnc(SCC(=O)Nc2cccc(S(=O)(=O)N(C)C)c2)[nH]c1=O. The van der Waals surface area contributed by atoms with E-state index in [4.69, 9.17) is 0 Å². The number of aromatic amines is 1. The van der Waals surface area contributed by atoms with Crippen LogP contribution in [0.4, 0.5) is 5.69 Å². The number of nitrogens with one attached hydrogen (secondary N) is 2. The third kappa shape index (κ3) is 4.87. The molecule has 1 amide bonds. The summed E-state index contributed by atoms with van der Waals surface area (Å²) < 4.78 is 25.3. The second kappa shape index (κ2) is 7.76. The Bertz CT molecular complexity index is 940. The number of rotatable bonds is 6. The highest BCUT2D eigenvalue weighted by Gasteiger charge is 2.17. The highest BCUT2D eigenvalue weighted by Crippen LogP contribution is 2.18. The van der Waals surface area contributed by atoms with Gasteiger partial charge in [-0.15, -0.1) is 10.2 Å². The lowest BCUT2D eigenvalue weighted by atomic mass is 10.3. The van der Waals surface area contributed by atoms with Gasteiger partial charge in [0.2, 0.25) is 15.9 Å². The number of aryl methyl sites for hydroxylation is 1. The van der Waals surface area contributed by atoms with Gasteiger partial charge in [-0.05, 0) is 25.1 Å². The van der Waals surface area contributed by atoms with E-state index in [1.165, 1.54) is 33.2 Å². The van der Waals surface area contributed by atoms with Crippen molar-refractivity contribution in [3.63, 3.8) is 0 Å². The third-order valence-electron chi connectivity index (χ3n) is 3.08. The van der Waals surface area contributed by atoms with Gasteiger partial charge in [-0.25, -0.2) is 12.7 Å². The molecule has 0 aliphatic carbocycles.